The van der Waals surface area contributed by atoms with Gasteiger partial charge < -0.3 is 10.2 Å². The highest BCUT2D eigenvalue weighted by molar-refractivity contribution is 5.74. The van der Waals surface area contributed by atoms with E-state index in [-0.39, 0.29) is 6.03 Å². The fourth-order valence-electron chi connectivity index (χ4n) is 3.67. The molecule has 3 heteroatoms. The van der Waals surface area contributed by atoms with Crippen LogP contribution in [0.4, 0.5) is 4.79 Å². The Bertz CT molecular complexity index is 311. The van der Waals surface area contributed by atoms with Gasteiger partial charge in [0.1, 0.15) is 0 Å². The average molecular weight is 264 g/mol. The molecule has 19 heavy (non-hydrogen) atoms. The maximum Gasteiger partial charge on any atom is 0.317 e. The van der Waals surface area contributed by atoms with E-state index in [1.807, 2.05) is 0 Å². The lowest BCUT2D eigenvalue weighted by atomic mass is 9.96. The summed E-state index contributed by atoms with van der Waals surface area (Å²) in [5.41, 5.74) is 0. The number of rotatable bonds is 5. The summed E-state index contributed by atoms with van der Waals surface area (Å²) in [6.07, 6.45) is 9.29. The minimum Gasteiger partial charge on any atom is -0.338 e. The molecule has 0 radical (unpaired) electrons. The number of likely N-dealkylation sites (tertiary alicyclic amines) is 1. The highest BCUT2D eigenvalue weighted by atomic mass is 16.2. The molecule has 0 bridgehead atoms. The lowest BCUT2D eigenvalue weighted by molar-refractivity contribution is 0.161. The summed E-state index contributed by atoms with van der Waals surface area (Å²) in [4.78, 5) is 14.3. The van der Waals surface area contributed by atoms with Gasteiger partial charge in [-0.1, -0.05) is 13.3 Å². The molecule has 2 amide bonds. The zero-order valence-electron chi connectivity index (χ0n) is 12.2. The molecule has 2 aliphatic carbocycles. The maximum absolute atomic E-state index is 12.3. The zero-order valence-corrected chi connectivity index (χ0v) is 12.2. The van der Waals surface area contributed by atoms with Crippen LogP contribution < -0.4 is 5.32 Å². The molecule has 2 saturated carbocycles. The second-order valence-corrected chi connectivity index (χ2v) is 6.89. The van der Waals surface area contributed by atoms with Crippen LogP contribution in [0.1, 0.15) is 51.9 Å². The molecule has 3 rings (SSSR count). The van der Waals surface area contributed by atoms with E-state index >= 15 is 0 Å². The molecule has 3 fully saturated rings. The third-order valence-electron chi connectivity index (χ3n) is 5.33. The van der Waals surface area contributed by atoms with Gasteiger partial charge in [0.2, 0.25) is 0 Å². The fourth-order valence-corrected chi connectivity index (χ4v) is 3.67. The van der Waals surface area contributed by atoms with Gasteiger partial charge in [0, 0.05) is 19.6 Å². The monoisotopic (exact) mass is 264 g/mol. The van der Waals surface area contributed by atoms with E-state index in [2.05, 4.69) is 17.1 Å². The molecule has 0 spiro atoms. The topological polar surface area (TPSA) is 32.3 Å². The van der Waals surface area contributed by atoms with E-state index in [1.165, 1.54) is 44.9 Å². The summed E-state index contributed by atoms with van der Waals surface area (Å²) < 4.78 is 0. The van der Waals surface area contributed by atoms with Crippen molar-refractivity contribution in [2.45, 2.75) is 51.9 Å². The van der Waals surface area contributed by atoms with Crippen LogP contribution in [0.15, 0.2) is 0 Å². The number of amides is 2. The predicted octanol–water partition coefficient (Wildman–Crippen LogP) is 3.25. The summed E-state index contributed by atoms with van der Waals surface area (Å²) in [6.45, 7) is 5.10. The Morgan fingerprint density at radius 1 is 1.21 bits per heavy atom. The molecule has 0 aromatic heterocycles. The van der Waals surface area contributed by atoms with Gasteiger partial charge in [0.15, 0.2) is 0 Å². The molecular formula is C16H28N2O. The van der Waals surface area contributed by atoms with Crippen molar-refractivity contribution >= 4 is 6.03 Å². The van der Waals surface area contributed by atoms with Gasteiger partial charge in [0.05, 0.1) is 0 Å². The van der Waals surface area contributed by atoms with Crippen molar-refractivity contribution < 1.29 is 4.79 Å². The summed E-state index contributed by atoms with van der Waals surface area (Å²) in [5.74, 6) is 3.37. The number of nitrogens with zero attached hydrogens (tertiary/aromatic N) is 1. The first kappa shape index (κ1) is 13.3. The van der Waals surface area contributed by atoms with E-state index in [4.69, 9.17) is 0 Å². The highest BCUT2D eigenvalue weighted by Gasteiger charge is 2.41. The summed E-state index contributed by atoms with van der Waals surface area (Å²) in [7, 11) is 0. The van der Waals surface area contributed by atoms with Crippen LogP contribution in [-0.2, 0) is 0 Å². The fraction of sp³-hybridized carbons (Fsp3) is 0.938. The van der Waals surface area contributed by atoms with E-state index in [0.29, 0.717) is 0 Å². The largest absolute Gasteiger partial charge is 0.338 e. The number of carbonyl (C=O) groups is 1. The molecule has 1 unspecified atom stereocenters. The molecule has 108 valence electrons. The standard InChI is InChI=1S/C16H28N2O/c1-2-12-4-3-9-18(11-12)16(19)17-10-15(13-5-6-13)14-7-8-14/h12-15H,2-11H2,1H3,(H,17,19). The Morgan fingerprint density at radius 3 is 2.47 bits per heavy atom. The number of hydrogen-bond donors (Lipinski definition) is 1. The molecule has 0 aromatic carbocycles. The minimum atomic E-state index is 0.199. The molecule has 1 atom stereocenters. The lowest BCUT2D eigenvalue weighted by Gasteiger charge is -2.32. The minimum absolute atomic E-state index is 0.199. The predicted molar refractivity (Wildman–Crippen MR) is 76.9 cm³/mol. The van der Waals surface area contributed by atoms with Crippen molar-refractivity contribution in [3.05, 3.63) is 0 Å². The molecule has 3 aliphatic rings. The first-order valence-electron chi connectivity index (χ1n) is 8.30. The van der Waals surface area contributed by atoms with Crippen LogP contribution in [-0.4, -0.2) is 30.6 Å². The Labute approximate surface area is 117 Å². The van der Waals surface area contributed by atoms with E-state index in [1.54, 1.807) is 0 Å². The van der Waals surface area contributed by atoms with Gasteiger partial charge in [-0.3, -0.25) is 0 Å². The van der Waals surface area contributed by atoms with E-state index in [0.717, 1.165) is 43.3 Å². The van der Waals surface area contributed by atoms with Crippen LogP contribution in [0.5, 0.6) is 0 Å². The smallest absolute Gasteiger partial charge is 0.317 e. The number of piperidine rings is 1. The Hall–Kier alpha value is -0.730. The van der Waals surface area contributed by atoms with Crippen LogP contribution >= 0.6 is 0 Å². The second-order valence-electron chi connectivity index (χ2n) is 6.89. The van der Waals surface area contributed by atoms with Crippen LogP contribution in [0, 0.1) is 23.7 Å². The van der Waals surface area contributed by atoms with Gasteiger partial charge in [-0.2, -0.15) is 0 Å². The molecular weight excluding hydrogens is 236 g/mol. The average Bonchev–Trinajstić information content (AvgIpc) is 3.31. The number of carbonyl (C=O) groups excluding carboxylic acids is 1. The molecule has 0 aromatic rings. The Balaban J connectivity index is 1.44. The first-order chi connectivity index (χ1) is 9.28. The SMILES string of the molecule is CCC1CCCN(C(=O)NCC(C2CC2)C2CC2)C1. The Kier molecular flexibility index (Phi) is 3.99. The molecule has 1 heterocycles. The van der Waals surface area contributed by atoms with Crippen molar-refractivity contribution in [3.63, 3.8) is 0 Å². The van der Waals surface area contributed by atoms with Gasteiger partial charge in [-0.15, -0.1) is 0 Å². The summed E-state index contributed by atoms with van der Waals surface area (Å²) in [6, 6.07) is 0.199. The van der Waals surface area contributed by atoms with Crippen molar-refractivity contribution in [2.24, 2.45) is 23.7 Å². The van der Waals surface area contributed by atoms with Gasteiger partial charge in [-0.25, -0.2) is 4.79 Å². The molecule has 1 aliphatic heterocycles. The summed E-state index contributed by atoms with van der Waals surface area (Å²) >= 11 is 0. The third kappa shape index (κ3) is 3.43. The zero-order chi connectivity index (χ0) is 13.2. The van der Waals surface area contributed by atoms with E-state index in [9.17, 15) is 4.79 Å². The van der Waals surface area contributed by atoms with Gasteiger partial charge >= 0.3 is 6.03 Å². The molecule has 3 nitrogen and oxygen atoms in total. The van der Waals surface area contributed by atoms with Crippen molar-refractivity contribution in [2.75, 3.05) is 19.6 Å². The normalized spacial score (nSPS) is 27.7. The van der Waals surface area contributed by atoms with Crippen LogP contribution in [0.3, 0.4) is 0 Å². The Morgan fingerprint density at radius 2 is 1.89 bits per heavy atom. The summed E-state index contributed by atoms with van der Waals surface area (Å²) in [5, 5.41) is 3.23. The molecule has 1 N–H and O–H groups in total. The maximum atomic E-state index is 12.3. The van der Waals surface area contributed by atoms with E-state index < -0.39 is 0 Å². The number of nitrogens with one attached hydrogen (secondary N) is 1. The molecule has 1 saturated heterocycles. The lowest BCUT2D eigenvalue weighted by Crippen LogP contribution is -2.46. The highest BCUT2D eigenvalue weighted by Crippen LogP contribution is 2.48. The quantitative estimate of drug-likeness (QED) is 0.812. The first-order valence-corrected chi connectivity index (χ1v) is 8.30. The third-order valence-corrected chi connectivity index (χ3v) is 5.33. The second kappa shape index (κ2) is 5.72. The number of urea groups is 1. The van der Waals surface area contributed by atoms with Crippen molar-refractivity contribution in [3.8, 4) is 0 Å². The van der Waals surface area contributed by atoms with Crippen molar-refractivity contribution in [1.82, 2.24) is 10.2 Å². The van der Waals surface area contributed by atoms with Crippen molar-refractivity contribution in [1.29, 1.82) is 0 Å². The van der Waals surface area contributed by atoms with Crippen LogP contribution in [0.2, 0.25) is 0 Å². The van der Waals surface area contributed by atoms with Gasteiger partial charge in [0.25, 0.3) is 0 Å². The van der Waals surface area contributed by atoms with Crippen LogP contribution in [0.25, 0.3) is 0 Å². The number of hydrogen-bond acceptors (Lipinski definition) is 1. The van der Waals surface area contributed by atoms with Gasteiger partial charge in [-0.05, 0) is 62.2 Å².